The zero-order valence-electron chi connectivity index (χ0n) is 7.26. The first-order chi connectivity index (χ1) is 5.36. The van der Waals surface area contributed by atoms with E-state index in [0.29, 0.717) is 6.04 Å². The van der Waals surface area contributed by atoms with Crippen molar-refractivity contribution in [2.75, 3.05) is 0 Å². The monoisotopic (exact) mass is 153 g/mol. The van der Waals surface area contributed by atoms with E-state index in [4.69, 9.17) is 5.73 Å². The van der Waals surface area contributed by atoms with E-state index in [1.807, 2.05) is 0 Å². The molecule has 0 amide bonds. The van der Waals surface area contributed by atoms with E-state index in [0.717, 1.165) is 11.8 Å². The fraction of sp³-hybridized carbons (Fsp3) is 1.00. The zero-order valence-corrected chi connectivity index (χ0v) is 7.26. The molecule has 0 spiro atoms. The molecule has 2 atom stereocenters. The highest BCUT2D eigenvalue weighted by Gasteiger charge is 2.30. The second kappa shape index (κ2) is 3.14. The summed E-state index contributed by atoms with van der Waals surface area (Å²) in [6.07, 6.45) is 9.94. The summed E-state index contributed by atoms with van der Waals surface area (Å²) in [4.78, 5) is 0. The van der Waals surface area contributed by atoms with E-state index in [9.17, 15) is 0 Å². The standard InChI is InChI=1S/C10H19N/c11-10-6-2-5-9(7-10)8-3-1-4-8/h8-10H,1-7,11H2/t9-,10-/m1/s1. The Hall–Kier alpha value is -0.0400. The van der Waals surface area contributed by atoms with E-state index in [2.05, 4.69) is 0 Å². The Balaban J connectivity index is 1.82. The number of rotatable bonds is 1. The van der Waals surface area contributed by atoms with Crippen LogP contribution in [0, 0.1) is 11.8 Å². The fourth-order valence-corrected chi connectivity index (χ4v) is 2.61. The summed E-state index contributed by atoms with van der Waals surface area (Å²) >= 11 is 0. The van der Waals surface area contributed by atoms with Gasteiger partial charge in [0.1, 0.15) is 0 Å². The van der Waals surface area contributed by atoms with Crippen molar-refractivity contribution in [3.8, 4) is 0 Å². The molecule has 2 rings (SSSR count). The van der Waals surface area contributed by atoms with E-state index in [1.54, 1.807) is 0 Å². The molecule has 2 aliphatic rings. The van der Waals surface area contributed by atoms with Gasteiger partial charge in [-0.15, -0.1) is 0 Å². The molecular formula is C10H19N. The van der Waals surface area contributed by atoms with Crippen molar-refractivity contribution >= 4 is 0 Å². The van der Waals surface area contributed by atoms with Gasteiger partial charge in [-0.2, -0.15) is 0 Å². The Labute approximate surface area is 69.4 Å². The van der Waals surface area contributed by atoms with E-state index < -0.39 is 0 Å². The van der Waals surface area contributed by atoms with Crippen LogP contribution in [0.15, 0.2) is 0 Å². The molecule has 1 nitrogen and oxygen atoms in total. The summed E-state index contributed by atoms with van der Waals surface area (Å²) in [7, 11) is 0. The number of hydrogen-bond acceptors (Lipinski definition) is 1. The van der Waals surface area contributed by atoms with Crippen LogP contribution in [0.1, 0.15) is 44.9 Å². The highest BCUT2D eigenvalue weighted by atomic mass is 14.6. The lowest BCUT2D eigenvalue weighted by atomic mass is 9.69. The maximum absolute atomic E-state index is 5.94. The molecule has 2 aliphatic carbocycles. The van der Waals surface area contributed by atoms with Crippen molar-refractivity contribution < 1.29 is 0 Å². The Morgan fingerprint density at radius 1 is 0.818 bits per heavy atom. The SMILES string of the molecule is N[C@@H]1CCC[C@@H](C2CCC2)C1. The lowest BCUT2D eigenvalue weighted by molar-refractivity contribution is 0.152. The summed E-state index contributed by atoms with van der Waals surface area (Å²) in [5.41, 5.74) is 5.94. The first-order valence-corrected chi connectivity index (χ1v) is 5.12. The average molecular weight is 153 g/mol. The van der Waals surface area contributed by atoms with Gasteiger partial charge in [-0.1, -0.05) is 32.1 Å². The minimum Gasteiger partial charge on any atom is -0.328 e. The van der Waals surface area contributed by atoms with Crippen molar-refractivity contribution in [2.24, 2.45) is 17.6 Å². The van der Waals surface area contributed by atoms with Crippen LogP contribution in [-0.4, -0.2) is 6.04 Å². The topological polar surface area (TPSA) is 26.0 Å². The van der Waals surface area contributed by atoms with Gasteiger partial charge in [-0.05, 0) is 24.7 Å². The lowest BCUT2D eigenvalue weighted by Crippen LogP contribution is -2.33. The second-order valence-corrected chi connectivity index (χ2v) is 4.38. The Kier molecular flexibility index (Phi) is 2.17. The molecule has 1 heteroatoms. The van der Waals surface area contributed by atoms with Crippen LogP contribution in [0.2, 0.25) is 0 Å². The summed E-state index contributed by atoms with van der Waals surface area (Å²) in [6.45, 7) is 0. The summed E-state index contributed by atoms with van der Waals surface area (Å²) in [5.74, 6) is 2.08. The molecule has 0 aromatic heterocycles. The van der Waals surface area contributed by atoms with E-state index in [1.165, 1.54) is 44.9 Å². The van der Waals surface area contributed by atoms with Crippen LogP contribution in [0.25, 0.3) is 0 Å². The summed E-state index contributed by atoms with van der Waals surface area (Å²) in [5, 5.41) is 0. The van der Waals surface area contributed by atoms with Crippen molar-refractivity contribution in [1.29, 1.82) is 0 Å². The first-order valence-electron chi connectivity index (χ1n) is 5.12. The normalized spacial score (nSPS) is 40.1. The van der Waals surface area contributed by atoms with Gasteiger partial charge in [0.15, 0.2) is 0 Å². The molecule has 0 unspecified atom stereocenters. The van der Waals surface area contributed by atoms with Crippen LogP contribution in [0.5, 0.6) is 0 Å². The minimum atomic E-state index is 0.536. The van der Waals surface area contributed by atoms with Crippen molar-refractivity contribution in [3.05, 3.63) is 0 Å². The molecule has 0 bridgehead atoms. The Morgan fingerprint density at radius 2 is 1.45 bits per heavy atom. The molecule has 0 aromatic carbocycles. The fourth-order valence-electron chi connectivity index (χ4n) is 2.61. The largest absolute Gasteiger partial charge is 0.328 e. The van der Waals surface area contributed by atoms with Gasteiger partial charge in [-0.3, -0.25) is 0 Å². The molecular weight excluding hydrogens is 134 g/mol. The van der Waals surface area contributed by atoms with Gasteiger partial charge >= 0.3 is 0 Å². The molecule has 0 heterocycles. The van der Waals surface area contributed by atoms with Crippen LogP contribution in [-0.2, 0) is 0 Å². The summed E-state index contributed by atoms with van der Waals surface area (Å²) < 4.78 is 0. The molecule has 0 aromatic rings. The highest BCUT2D eigenvalue weighted by Crippen LogP contribution is 2.40. The summed E-state index contributed by atoms with van der Waals surface area (Å²) in [6, 6.07) is 0.536. The first kappa shape index (κ1) is 7.60. The Morgan fingerprint density at radius 3 is 2.00 bits per heavy atom. The molecule has 0 saturated heterocycles. The van der Waals surface area contributed by atoms with Crippen LogP contribution < -0.4 is 5.73 Å². The maximum atomic E-state index is 5.94. The molecule has 0 aliphatic heterocycles. The van der Waals surface area contributed by atoms with Crippen molar-refractivity contribution in [3.63, 3.8) is 0 Å². The van der Waals surface area contributed by atoms with Crippen LogP contribution >= 0.6 is 0 Å². The Bertz CT molecular complexity index is 129. The average Bonchev–Trinajstić information content (AvgIpc) is 1.83. The molecule has 2 fully saturated rings. The van der Waals surface area contributed by atoms with Gasteiger partial charge in [0, 0.05) is 6.04 Å². The molecule has 2 saturated carbocycles. The molecule has 2 N–H and O–H groups in total. The molecule has 11 heavy (non-hydrogen) atoms. The third kappa shape index (κ3) is 1.58. The van der Waals surface area contributed by atoms with E-state index >= 15 is 0 Å². The van der Waals surface area contributed by atoms with Crippen LogP contribution in [0.4, 0.5) is 0 Å². The van der Waals surface area contributed by atoms with Crippen molar-refractivity contribution in [1.82, 2.24) is 0 Å². The second-order valence-electron chi connectivity index (χ2n) is 4.38. The molecule has 64 valence electrons. The highest BCUT2D eigenvalue weighted by molar-refractivity contribution is 4.83. The maximum Gasteiger partial charge on any atom is 0.00415 e. The van der Waals surface area contributed by atoms with Crippen LogP contribution in [0.3, 0.4) is 0 Å². The van der Waals surface area contributed by atoms with E-state index in [-0.39, 0.29) is 0 Å². The van der Waals surface area contributed by atoms with Gasteiger partial charge in [0.05, 0.1) is 0 Å². The third-order valence-corrected chi connectivity index (χ3v) is 3.57. The van der Waals surface area contributed by atoms with Gasteiger partial charge in [-0.25, -0.2) is 0 Å². The lowest BCUT2D eigenvalue weighted by Gasteiger charge is -2.38. The number of nitrogens with two attached hydrogens (primary N) is 1. The third-order valence-electron chi connectivity index (χ3n) is 3.57. The minimum absolute atomic E-state index is 0.536. The predicted octanol–water partition coefficient (Wildman–Crippen LogP) is 2.30. The predicted molar refractivity (Wildman–Crippen MR) is 47.3 cm³/mol. The van der Waals surface area contributed by atoms with Crippen molar-refractivity contribution in [2.45, 2.75) is 51.0 Å². The number of hydrogen-bond donors (Lipinski definition) is 1. The molecule has 0 radical (unpaired) electrons. The van der Waals surface area contributed by atoms with Gasteiger partial charge < -0.3 is 5.73 Å². The smallest absolute Gasteiger partial charge is 0.00415 e. The zero-order chi connectivity index (χ0) is 7.68. The van der Waals surface area contributed by atoms with Gasteiger partial charge in [0.25, 0.3) is 0 Å². The quantitative estimate of drug-likeness (QED) is 0.614. The van der Waals surface area contributed by atoms with Gasteiger partial charge in [0.2, 0.25) is 0 Å².